The number of ether oxygens (including phenoxy) is 1. The minimum Gasteiger partial charge on any atom is -0.457 e. The molecule has 7 atom stereocenters. The summed E-state index contributed by atoms with van der Waals surface area (Å²) in [4.78, 5) is 42.8. The summed E-state index contributed by atoms with van der Waals surface area (Å²) in [5.74, 6) is 1.26. The minimum absolute atomic E-state index is 0.117. The second kappa shape index (κ2) is 9.47. The zero-order chi connectivity index (χ0) is 27.5. The lowest BCUT2D eigenvalue weighted by atomic mass is 9.63. The van der Waals surface area contributed by atoms with Gasteiger partial charge in [0.2, 0.25) is 17.7 Å². The van der Waals surface area contributed by atoms with Crippen molar-refractivity contribution >= 4 is 23.4 Å². The fraction of sp³-hybridized carbons (Fsp3) is 0.324. The number of hydrogen-bond acceptors (Lipinski definition) is 4. The van der Waals surface area contributed by atoms with Crippen molar-refractivity contribution in [3.05, 3.63) is 102 Å². The van der Waals surface area contributed by atoms with Gasteiger partial charge in [0.25, 0.3) is 0 Å². The van der Waals surface area contributed by atoms with Gasteiger partial charge in [-0.05, 0) is 97.0 Å². The lowest BCUT2D eigenvalue weighted by Gasteiger charge is -2.37. The SMILES string of the molecule is Cc1cc(C)cc(Oc2ccc(NC(=O)C(Cc3ccccc3)N3C(=O)C4C5C=CC(C6CC56)C4C3=O)cc2)c1. The summed E-state index contributed by atoms with van der Waals surface area (Å²) in [6.45, 7) is 4.05. The molecule has 6 heteroatoms. The maximum absolute atomic E-state index is 13.8. The van der Waals surface area contributed by atoms with Gasteiger partial charge in [-0.15, -0.1) is 0 Å². The molecule has 2 saturated carbocycles. The number of carbonyl (C=O) groups excluding carboxylic acids is 3. The van der Waals surface area contributed by atoms with Gasteiger partial charge in [-0.25, -0.2) is 0 Å². The first-order valence-electron chi connectivity index (χ1n) is 14.1. The van der Waals surface area contributed by atoms with E-state index in [1.807, 2.05) is 56.3 Å². The Labute approximate surface area is 234 Å². The largest absolute Gasteiger partial charge is 0.457 e. The van der Waals surface area contributed by atoms with Crippen LogP contribution in [0.4, 0.5) is 5.69 Å². The van der Waals surface area contributed by atoms with Gasteiger partial charge in [-0.2, -0.15) is 0 Å². The predicted molar refractivity (Wildman–Crippen MR) is 152 cm³/mol. The van der Waals surface area contributed by atoms with E-state index >= 15 is 0 Å². The fourth-order valence-electron chi connectivity index (χ4n) is 7.39. The summed E-state index contributed by atoms with van der Waals surface area (Å²) in [6, 6.07) is 21.9. The molecule has 3 amide bonds. The van der Waals surface area contributed by atoms with E-state index in [9.17, 15) is 14.4 Å². The molecule has 1 heterocycles. The monoisotopic (exact) mass is 532 g/mol. The minimum atomic E-state index is -0.921. The predicted octanol–water partition coefficient (Wildman–Crippen LogP) is 5.70. The summed E-state index contributed by atoms with van der Waals surface area (Å²) in [6.07, 6.45) is 5.69. The number of nitrogens with one attached hydrogen (secondary N) is 1. The normalized spacial score (nSPS) is 28.2. The van der Waals surface area contributed by atoms with Crippen LogP contribution >= 0.6 is 0 Å². The van der Waals surface area contributed by atoms with Crippen molar-refractivity contribution in [1.82, 2.24) is 4.90 Å². The zero-order valence-corrected chi connectivity index (χ0v) is 22.6. The van der Waals surface area contributed by atoms with Crippen molar-refractivity contribution in [3.8, 4) is 11.5 Å². The Morgan fingerprint density at radius 3 is 2.05 bits per heavy atom. The molecule has 3 aromatic rings. The molecule has 1 N–H and O–H groups in total. The smallest absolute Gasteiger partial charge is 0.248 e. The maximum Gasteiger partial charge on any atom is 0.248 e. The van der Waals surface area contributed by atoms with Gasteiger partial charge >= 0.3 is 0 Å². The van der Waals surface area contributed by atoms with Gasteiger partial charge in [0.05, 0.1) is 11.8 Å². The number of hydrogen-bond donors (Lipinski definition) is 1. The Morgan fingerprint density at radius 2 is 1.45 bits per heavy atom. The van der Waals surface area contributed by atoms with Crippen LogP contribution in [-0.2, 0) is 20.8 Å². The standard InChI is InChI=1S/C34H32N2O4/c1-19-14-20(2)16-24(15-19)40-23-10-8-22(9-11-23)35-32(37)29(17-21-6-4-3-5-7-21)36-33(38)30-25-12-13-26(28-18-27(25)28)31(30)34(36)39/h3-16,25-31H,17-18H2,1-2H3,(H,35,37). The van der Waals surface area contributed by atoms with Gasteiger partial charge in [0.15, 0.2) is 0 Å². The fourth-order valence-corrected chi connectivity index (χ4v) is 7.39. The number of rotatable bonds is 7. The van der Waals surface area contributed by atoms with Crippen LogP contribution in [0.3, 0.4) is 0 Å². The van der Waals surface area contributed by atoms with Crippen molar-refractivity contribution in [3.63, 3.8) is 0 Å². The van der Waals surface area contributed by atoms with Gasteiger partial charge < -0.3 is 10.1 Å². The summed E-state index contributed by atoms with van der Waals surface area (Å²) >= 11 is 0. The van der Waals surface area contributed by atoms with E-state index < -0.39 is 6.04 Å². The van der Waals surface area contributed by atoms with Crippen LogP contribution in [0.25, 0.3) is 0 Å². The molecule has 3 aromatic carbocycles. The van der Waals surface area contributed by atoms with Crippen molar-refractivity contribution in [2.45, 2.75) is 32.7 Å². The molecule has 3 fully saturated rings. The second-order valence-electron chi connectivity index (χ2n) is 11.8. The first-order valence-corrected chi connectivity index (χ1v) is 14.1. The van der Waals surface area contributed by atoms with Crippen LogP contribution in [0, 0.1) is 49.4 Å². The van der Waals surface area contributed by atoms with Crippen LogP contribution in [0.15, 0.2) is 84.9 Å². The van der Waals surface area contributed by atoms with E-state index in [0.717, 1.165) is 28.9 Å². The van der Waals surface area contributed by atoms with Gasteiger partial charge in [0, 0.05) is 12.1 Å². The molecule has 4 aliphatic carbocycles. The molecule has 202 valence electrons. The van der Waals surface area contributed by atoms with Gasteiger partial charge in [-0.3, -0.25) is 19.3 Å². The quantitative estimate of drug-likeness (QED) is 0.313. The number of likely N-dealkylation sites (tertiary alicyclic amines) is 1. The molecule has 0 aromatic heterocycles. The Balaban J connectivity index is 1.12. The molecular weight excluding hydrogens is 500 g/mol. The topological polar surface area (TPSA) is 75.7 Å². The number of anilines is 1. The van der Waals surface area contributed by atoms with Crippen LogP contribution in [0.2, 0.25) is 0 Å². The second-order valence-corrected chi connectivity index (χ2v) is 11.8. The average molecular weight is 533 g/mol. The van der Waals surface area contributed by atoms with Crippen LogP contribution < -0.4 is 10.1 Å². The first kappa shape index (κ1) is 24.8. The highest BCUT2D eigenvalue weighted by Gasteiger charge is 2.67. The molecule has 40 heavy (non-hydrogen) atoms. The number of nitrogens with zero attached hydrogens (tertiary/aromatic N) is 1. The van der Waals surface area contributed by atoms with Gasteiger partial charge in [-0.1, -0.05) is 48.6 Å². The molecule has 2 bridgehead atoms. The molecule has 1 saturated heterocycles. The molecular formula is C34H32N2O4. The van der Waals surface area contributed by atoms with Crippen LogP contribution in [0.5, 0.6) is 11.5 Å². The summed E-state index contributed by atoms with van der Waals surface area (Å²) < 4.78 is 6.01. The van der Waals surface area contributed by atoms with E-state index in [-0.39, 0.29) is 47.8 Å². The third-order valence-electron chi connectivity index (χ3n) is 9.14. The van der Waals surface area contributed by atoms with E-state index in [0.29, 0.717) is 23.3 Å². The third-order valence-corrected chi connectivity index (χ3v) is 9.14. The van der Waals surface area contributed by atoms with Gasteiger partial charge in [0.1, 0.15) is 17.5 Å². The van der Waals surface area contributed by atoms with E-state index in [4.69, 9.17) is 4.74 Å². The summed E-state index contributed by atoms with van der Waals surface area (Å²) in [5.41, 5.74) is 3.72. The Morgan fingerprint density at radius 1 is 0.850 bits per heavy atom. The summed E-state index contributed by atoms with van der Waals surface area (Å²) in [7, 11) is 0. The number of carbonyl (C=O) groups is 3. The molecule has 8 rings (SSSR count). The van der Waals surface area contributed by atoms with Crippen LogP contribution in [-0.4, -0.2) is 28.7 Å². The lowest BCUT2D eigenvalue weighted by molar-refractivity contribution is -0.146. The molecule has 6 nitrogen and oxygen atoms in total. The lowest BCUT2D eigenvalue weighted by Crippen LogP contribution is -2.49. The van der Waals surface area contributed by atoms with Crippen molar-refractivity contribution in [2.24, 2.45) is 35.5 Å². The Hall–Kier alpha value is -4.19. The Bertz CT molecular complexity index is 1470. The number of aryl methyl sites for hydroxylation is 2. The number of benzene rings is 3. The van der Waals surface area contributed by atoms with Crippen molar-refractivity contribution in [1.29, 1.82) is 0 Å². The molecule has 7 unspecified atom stereocenters. The van der Waals surface area contributed by atoms with E-state index in [2.05, 4.69) is 23.5 Å². The Kier molecular flexibility index (Phi) is 5.88. The van der Waals surface area contributed by atoms with Crippen molar-refractivity contribution in [2.75, 3.05) is 5.32 Å². The summed E-state index contributed by atoms with van der Waals surface area (Å²) in [5, 5.41) is 2.97. The maximum atomic E-state index is 13.8. The molecule has 0 radical (unpaired) electrons. The van der Waals surface area contributed by atoms with E-state index in [1.54, 1.807) is 24.3 Å². The molecule has 0 spiro atoms. The third kappa shape index (κ3) is 4.23. The highest BCUT2D eigenvalue weighted by Crippen LogP contribution is 2.65. The highest BCUT2D eigenvalue weighted by atomic mass is 16.5. The number of imide groups is 1. The highest BCUT2D eigenvalue weighted by molar-refractivity contribution is 6.10. The van der Waals surface area contributed by atoms with Crippen molar-refractivity contribution < 1.29 is 19.1 Å². The first-order chi connectivity index (χ1) is 19.4. The average Bonchev–Trinajstić information content (AvgIpc) is 3.72. The molecule has 5 aliphatic rings. The van der Waals surface area contributed by atoms with E-state index in [1.165, 1.54) is 4.90 Å². The van der Waals surface area contributed by atoms with Crippen LogP contribution in [0.1, 0.15) is 23.1 Å². The molecule has 1 aliphatic heterocycles. The zero-order valence-electron chi connectivity index (χ0n) is 22.6. The number of allylic oxidation sites excluding steroid dienone is 2. The number of amides is 3.